The number of nitrogens with two attached hydrogens (primary N) is 1. The summed E-state index contributed by atoms with van der Waals surface area (Å²) in [5.74, 6) is -0.211. The molecule has 0 aliphatic carbocycles. The Labute approximate surface area is 96.9 Å². The number of thiocarbonyl (C=S) groups is 1. The van der Waals surface area contributed by atoms with E-state index in [4.69, 9.17) is 5.73 Å². The van der Waals surface area contributed by atoms with Crippen LogP contribution in [-0.2, 0) is 10.0 Å². The third kappa shape index (κ3) is 3.12. The molecule has 0 saturated carbocycles. The van der Waals surface area contributed by atoms with E-state index in [1.807, 2.05) is 13.8 Å². The zero-order valence-corrected chi connectivity index (χ0v) is 10.8. The average molecular weight is 250 g/mol. The minimum absolute atomic E-state index is 0.0416. The molecule has 0 aromatic carbocycles. The normalized spacial score (nSPS) is 28.9. The van der Waals surface area contributed by atoms with Crippen molar-refractivity contribution in [2.45, 2.75) is 45.2 Å². The van der Waals surface area contributed by atoms with Crippen LogP contribution < -0.4 is 5.73 Å². The van der Waals surface area contributed by atoms with E-state index in [2.05, 4.69) is 12.2 Å². The molecule has 1 heterocycles. The third-order valence-corrected chi connectivity index (χ3v) is 5.12. The van der Waals surface area contributed by atoms with Gasteiger partial charge in [-0.2, -0.15) is 4.31 Å². The van der Waals surface area contributed by atoms with Crippen molar-refractivity contribution in [2.24, 2.45) is 5.73 Å². The summed E-state index contributed by atoms with van der Waals surface area (Å²) in [5, 5.41) is 0. The predicted octanol–water partition coefficient (Wildman–Crippen LogP) is 0.865. The molecule has 1 rings (SSSR count). The molecule has 2 atom stereocenters. The number of nitrogens with zero attached hydrogens (tertiary/aromatic N) is 1. The number of rotatable bonds is 3. The van der Waals surface area contributed by atoms with Crippen LogP contribution in [0.25, 0.3) is 0 Å². The van der Waals surface area contributed by atoms with Crippen molar-refractivity contribution in [3.63, 3.8) is 0 Å². The highest BCUT2D eigenvalue weighted by Crippen LogP contribution is 2.25. The van der Waals surface area contributed by atoms with Crippen molar-refractivity contribution < 1.29 is 8.42 Å². The molecule has 88 valence electrons. The van der Waals surface area contributed by atoms with E-state index in [9.17, 15) is 8.42 Å². The molecule has 4 nitrogen and oxygen atoms in total. The quantitative estimate of drug-likeness (QED) is 0.755. The van der Waals surface area contributed by atoms with Crippen molar-refractivity contribution in [1.29, 1.82) is 0 Å². The molecule has 0 amide bonds. The SMILES string of the molecule is CC1CCCC(C)N1S(=O)(=O)CC(N)=S. The molecule has 1 saturated heterocycles. The smallest absolute Gasteiger partial charge is 0.221 e. The average Bonchev–Trinajstić information content (AvgIpc) is 1.99. The lowest BCUT2D eigenvalue weighted by atomic mass is 10.0. The molecule has 1 aliphatic rings. The van der Waals surface area contributed by atoms with Crippen molar-refractivity contribution in [2.75, 3.05) is 5.75 Å². The lowest BCUT2D eigenvalue weighted by molar-refractivity contribution is 0.205. The molecule has 0 spiro atoms. The minimum atomic E-state index is -3.31. The summed E-state index contributed by atoms with van der Waals surface area (Å²) in [6.07, 6.45) is 2.92. The maximum absolute atomic E-state index is 12.0. The first-order valence-electron chi connectivity index (χ1n) is 5.14. The van der Waals surface area contributed by atoms with Gasteiger partial charge >= 0.3 is 0 Å². The van der Waals surface area contributed by atoms with Crippen LogP contribution in [0.1, 0.15) is 33.1 Å². The van der Waals surface area contributed by atoms with Gasteiger partial charge in [-0.15, -0.1) is 0 Å². The van der Waals surface area contributed by atoms with Gasteiger partial charge in [-0.05, 0) is 26.7 Å². The molecule has 0 bridgehead atoms. The van der Waals surface area contributed by atoms with Crippen LogP contribution in [0.2, 0.25) is 0 Å². The van der Waals surface area contributed by atoms with Crippen molar-refractivity contribution >= 4 is 27.2 Å². The van der Waals surface area contributed by atoms with Gasteiger partial charge in [0.05, 0.1) is 4.99 Å². The van der Waals surface area contributed by atoms with Gasteiger partial charge in [0.1, 0.15) is 5.75 Å². The topological polar surface area (TPSA) is 63.4 Å². The molecular formula is C9H18N2O2S2. The van der Waals surface area contributed by atoms with E-state index in [-0.39, 0.29) is 22.8 Å². The molecule has 1 fully saturated rings. The van der Waals surface area contributed by atoms with E-state index in [0.29, 0.717) is 0 Å². The fourth-order valence-corrected chi connectivity index (χ4v) is 4.46. The summed E-state index contributed by atoms with van der Waals surface area (Å²) in [4.78, 5) is 0.0416. The third-order valence-electron chi connectivity index (χ3n) is 2.76. The number of hydrogen-bond donors (Lipinski definition) is 1. The van der Waals surface area contributed by atoms with Gasteiger partial charge in [0.15, 0.2) is 0 Å². The van der Waals surface area contributed by atoms with Crippen molar-refractivity contribution in [1.82, 2.24) is 4.31 Å². The van der Waals surface area contributed by atoms with Crippen LogP contribution in [0.15, 0.2) is 0 Å². The molecule has 0 radical (unpaired) electrons. The van der Waals surface area contributed by atoms with E-state index in [1.54, 1.807) is 4.31 Å². The molecule has 0 aromatic rings. The highest BCUT2D eigenvalue weighted by molar-refractivity contribution is 7.92. The first-order valence-corrected chi connectivity index (χ1v) is 7.16. The first kappa shape index (κ1) is 12.9. The van der Waals surface area contributed by atoms with E-state index < -0.39 is 10.0 Å². The van der Waals surface area contributed by atoms with Crippen LogP contribution in [0.4, 0.5) is 0 Å². The van der Waals surface area contributed by atoms with Crippen LogP contribution in [-0.4, -0.2) is 35.5 Å². The number of piperidine rings is 1. The van der Waals surface area contributed by atoms with Crippen LogP contribution in [0.5, 0.6) is 0 Å². The molecule has 15 heavy (non-hydrogen) atoms. The summed E-state index contributed by atoms with van der Waals surface area (Å²) in [7, 11) is -3.31. The maximum Gasteiger partial charge on any atom is 0.221 e. The van der Waals surface area contributed by atoms with E-state index in [0.717, 1.165) is 19.3 Å². The maximum atomic E-state index is 12.0. The van der Waals surface area contributed by atoms with Crippen molar-refractivity contribution in [3.05, 3.63) is 0 Å². The predicted molar refractivity (Wildman–Crippen MR) is 65.2 cm³/mol. The summed E-state index contributed by atoms with van der Waals surface area (Å²) >= 11 is 4.66. The molecule has 6 heteroatoms. The van der Waals surface area contributed by atoms with Crippen molar-refractivity contribution in [3.8, 4) is 0 Å². The summed E-state index contributed by atoms with van der Waals surface area (Å²) in [6.45, 7) is 3.87. The Bertz CT molecular complexity index is 330. The minimum Gasteiger partial charge on any atom is -0.392 e. The molecule has 2 N–H and O–H groups in total. The second kappa shape index (κ2) is 4.76. The van der Waals surface area contributed by atoms with Gasteiger partial charge in [0.2, 0.25) is 10.0 Å². The summed E-state index contributed by atoms with van der Waals surface area (Å²) in [6, 6.07) is 0.126. The van der Waals surface area contributed by atoms with Gasteiger partial charge in [0.25, 0.3) is 0 Å². The molecule has 2 unspecified atom stereocenters. The fraction of sp³-hybridized carbons (Fsp3) is 0.889. The Hall–Kier alpha value is -0.200. The Balaban J connectivity index is 2.88. The summed E-state index contributed by atoms with van der Waals surface area (Å²) < 4.78 is 25.5. The van der Waals surface area contributed by atoms with Crippen LogP contribution >= 0.6 is 12.2 Å². The van der Waals surface area contributed by atoms with Gasteiger partial charge in [0, 0.05) is 12.1 Å². The highest BCUT2D eigenvalue weighted by atomic mass is 32.2. The second-order valence-electron chi connectivity index (χ2n) is 4.18. The highest BCUT2D eigenvalue weighted by Gasteiger charge is 2.34. The Morgan fingerprint density at radius 1 is 1.40 bits per heavy atom. The zero-order valence-electron chi connectivity index (χ0n) is 9.14. The standard InChI is InChI=1S/C9H18N2O2S2/c1-7-4-3-5-8(2)11(7)15(12,13)6-9(10)14/h7-8H,3-6H2,1-2H3,(H2,10,14). The Kier molecular flexibility index (Phi) is 4.08. The van der Waals surface area contributed by atoms with Gasteiger partial charge in [-0.25, -0.2) is 8.42 Å². The largest absolute Gasteiger partial charge is 0.392 e. The van der Waals surface area contributed by atoms with Crippen LogP contribution in [0, 0.1) is 0 Å². The Morgan fingerprint density at radius 3 is 2.27 bits per heavy atom. The number of hydrogen-bond acceptors (Lipinski definition) is 3. The first-order chi connectivity index (χ1) is 6.84. The van der Waals surface area contributed by atoms with Crippen LogP contribution in [0.3, 0.4) is 0 Å². The number of sulfonamides is 1. The van der Waals surface area contributed by atoms with Gasteiger partial charge < -0.3 is 5.73 Å². The molecular weight excluding hydrogens is 232 g/mol. The second-order valence-corrected chi connectivity index (χ2v) is 6.58. The molecule has 1 aliphatic heterocycles. The molecule has 0 aromatic heterocycles. The van der Waals surface area contributed by atoms with E-state index >= 15 is 0 Å². The Morgan fingerprint density at radius 2 is 1.87 bits per heavy atom. The van der Waals surface area contributed by atoms with Gasteiger partial charge in [-0.3, -0.25) is 0 Å². The zero-order chi connectivity index (χ0) is 11.6. The summed E-state index contributed by atoms with van der Waals surface area (Å²) in [5.41, 5.74) is 5.30. The van der Waals surface area contributed by atoms with Gasteiger partial charge in [-0.1, -0.05) is 18.6 Å². The lowest BCUT2D eigenvalue weighted by Gasteiger charge is -2.37. The fourth-order valence-electron chi connectivity index (χ4n) is 2.20. The van der Waals surface area contributed by atoms with E-state index in [1.165, 1.54) is 0 Å². The monoisotopic (exact) mass is 250 g/mol. The lowest BCUT2D eigenvalue weighted by Crippen LogP contribution is -2.49.